The summed E-state index contributed by atoms with van der Waals surface area (Å²) >= 11 is 0. The lowest BCUT2D eigenvalue weighted by atomic mass is 9.90. The van der Waals surface area contributed by atoms with Crippen molar-refractivity contribution < 1.29 is 4.92 Å². The molecule has 1 saturated heterocycles. The normalized spacial score (nSPS) is 24.3. The van der Waals surface area contributed by atoms with E-state index in [-0.39, 0.29) is 10.6 Å². The van der Waals surface area contributed by atoms with Gasteiger partial charge in [0.1, 0.15) is 0 Å². The van der Waals surface area contributed by atoms with Gasteiger partial charge in [0.15, 0.2) is 0 Å². The predicted octanol–water partition coefficient (Wildman–Crippen LogP) is 2.15. The molecule has 1 heterocycles. The Bertz CT molecular complexity index is 450. The van der Waals surface area contributed by atoms with Gasteiger partial charge in [-0.25, -0.2) is 0 Å². The van der Waals surface area contributed by atoms with Crippen LogP contribution in [0, 0.1) is 16.0 Å². The molecular weight excluding hydrogens is 242 g/mol. The Morgan fingerprint density at radius 1 is 1.53 bits per heavy atom. The maximum absolute atomic E-state index is 10.8. The largest absolute Gasteiger partial charge is 0.329 e. The van der Waals surface area contributed by atoms with Gasteiger partial charge in [0.25, 0.3) is 5.69 Å². The minimum Gasteiger partial charge on any atom is -0.329 e. The molecule has 2 N–H and O–H groups in total. The van der Waals surface area contributed by atoms with Crippen molar-refractivity contribution in [2.75, 3.05) is 13.1 Å². The lowest BCUT2D eigenvalue weighted by Crippen LogP contribution is -2.47. The first-order chi connectivity index (χ1) is 9.11. The highest BCUT2D eigenvalue weighted by atomic mass is 16.6. The van der Waals surface area contributed by atoms with Crippen LogP contribution in [0.15, 0.2) is 24.3 Å². The second kappa shape index (κ2) is 6.12. The van der Waals surface area contributed by atoms with E-state index in [1.165, 1.54) is 18.9 Å². The fraction of sp³-hybridized carbons (Fsp3) is 0.571. The molecule has 0 saturated carbocycles. The summed E-state index contributed by atoms with van der Waals surface area (Å²) < 4.78 is 0. The van der Waals surface area contributed by atoms with Gasteiger partial charge >= 0.3 is 0 Å². The Morgan fingerprint density at radius 3 is 3.00 bits per heavy atom. The molecule has 0 radical (unpaired) electrons. The Balaban J connectivity index is 2.11. The van der Waals surface area contributed by atoms with Crippen LogP contribution in [0.2, 0.25) is 0 Å². The number of nitrogens with two attached hydrogens (primary N) is 1. The van der Waals surface area contributed by atoms with E-state index in [2.05, 4.69) is 11.8 Å². The molecule has 0 bridgehead atoms. The van der Waals surface area contributed by atoms with Crippen molar-refractivity contribution in [3.63, 3.8) is 0 Å². The number of hydrogen-bond donors (Lipinski definition) is 1. The summed E-state index contributed by atoms with van der Waals surface area (Å²) in [5.41, 5.74) is 7.01. The zero-order chi connectivity index (χ0) is 13.8. The Labute approximate surface area is 113 Å². The Morgan fingerprint density at radius 2 is 2.32 bits per heavy atom. The summed E-state index contributed by atoms with van der Waals surface area (Å²) in [6.45, 7) is 4.65. The van der Waals surface area contributed by atoms with Gasteiger partial charge in [0.2, 0.25) is 0 Å². The summed E-state index contributed by atoms with van der Waals surface area (Å²) in [6.07, 6.45) is 2.39. The van der Waals surface area contributed by atoms with E-state index in [4.69, 9.17) is 5.73 Å². The maximum atomic E-state index is 10.8. The molecule has 2 rings (SSSR count). The van der Waals surface area contributed by atoms with Crippen LogP contribution in [0.5, 0.6) is 0 Å². The van der Waals surface area contributed by atoms with Gasteiger partial charge in [0, 0.05) is 31.3 Å². The second-order valence-electron chi connectivity index (χ2n) is 5.32. The van der Waals surface area contributed by atoms with E-state index in [0.29, 0.717) is 18.5 Å². The van der Waals surface area contributed by atoms with E-state index in [1.807, 2.05) is 6.07 Å². The SMILES string of the molecule is CC1CCCN(Cc2cccc([N+](=O)[O-])c2)C1CN. The summed E-state index contributed by atoms with van der Waals surface area (Å²) in [4.78, 5) is 12.8. The van der Waals surface area contributed by atoms with Crippen molar-refractivity contribution in [3.05, 3.63) is 39.9 Å². The number of nitrogens with zero attached hydrogens (tertiary/aromatic N) is 2. The molecule has 0 amide bonds. The fourth-order valence-electron chi connectivity index (χ4n) is 2.92. The molecule has 5 nitrogen and oxygen atoms in total. The maximum Gasteiger partial charge on any atom is 0.269 e. The molecular formula is C14H21N3O2. The Hall–Kier alpha value is -1.46. The first kappa shape index (κ1) is 14.0. The monoisotopic (exact) mass is 263 g/mol. The molecule has 2 unspecified atom stereocenters. The zero-order valence-electron chi connectivity index (χ0n) is 11.3. The second-order valence-corrected chi connectivity index (χ2v) is 5.32. The van der Waals surface area contributed by atoms with Gasteiger partial charge in [-0.2, -0.15) is 0 Å². The zero-order valence-corrected chi connectivity index (χ0v) is 11.3. The van der Waals surface area contributed by atoms with Gasteiger partial charge in [-0.05, 0) is 30.9 Å². The van der Waals surface area contributed by atoms with Gasteiger partial charge in [-0.1, -0.05) is 19.1 Å². The number of likely N-dealkylation sites (tertiary alicyclic amines) is 1. The summed E-state index contributed by atoms with van der Waals surface area (Å²) in [5, 5.41) is 10.8. The molecule has 0 spiro atoms. The van der Waals surface area contributed by atoms with Crippen molar-refractivity contribution in [2.45, 2.75) is 32.4 Å². The van der Waals surface area contributed by atoms with E-state index in [1.54, 1.807) is 12.1 Å². The fourth-order valence-corrected chi connectivity index (χ4v) is 2.92. The molecule has 1 aliphatic heterocycles. The van der Waals surface area contributed by atoms with Crippen molar-refractivity contribution in [1.82, 2.24) is 4.90 Å². The number of nitro groups is 1. The van der Waals surface area contributed by atoms with Gasteiger partial charge < -0.3 is 5.73 Å². The average Bonchev–Trinajstić information content (AvgIpc) is 2.39. The number of piperidine rings is 1. The molecule has 5 heteroatoms. The summed E-state index contributed by atoms with van der Waals surface area (Å²) in [7, 11) is 0. The number of benzene rings is 1. The van der Waals surface area contributed by atoms with Crippen LogP contribution in [0.3, 0.4) is 0 Å². The van der Waals surface area contributed by atoms with Gasteiger partial charge in [0.05, 0.1) is 4.92 Å². The minimum atomic E-state index is -0.345. The minimum absolute atomic E-state index is 0.159. The average molecular weight is 263 g/mol. The molecule has 1 aromatic rings. The molecule has 19 heavy (non-hydrogen) atoms. The quantitative estimate of drug-likeness (QED) is 0.667. The number of hydrogen-bond acceptors (Lipinski definition) is 4. The highest BCUT2D eigenvalue weighted by molar-refractivity contribution is 5.34. The standard InChI is InChI=1S/C14H21N3O2/c1-11-4-3-7-16(14(11)9-15)10-12-5-2-6-13(8-12)17(18)19/h2,5-6,8,11,14H,3-4,7,9-10,15H2,1H3. The van der Waals surface area contributed by atoms with Crippen LogP contribution in [-0.4, -0.2) is 29.0 Å². The summed E-state index contributed by atoms with van der Waals surface area (Å²) in [5.74, 6) is 0.595. The smallest absolute Gasteiger partial charge is 0.269 e. The predicted molar refractivity (Wildman–Crippen MR) is 74.7 cm³/mol. The Kier molecular flexibility index (Phi) is 4.50. The molecule has 0 aliphatic carbocycles. The van der Waals surface area contributed by atoms with Crippen molar-refractivity contribution >= 4 is 5.69 Å². The third kappa shape index (κ3) is 3.30. The van der Waals surface area contributed by atoms with Crippen LogP contribution in [0.1, 0.15) is 25.3 Å². The lowest BCUT2D eigenvalue weighted by Gasteiger charge is -2.39. The van der Waals surface area contributed by atoms with Crippen molar-refractivity contribution in [2.24, 2.45) is 11.7 Å². The highest BCUT2D eigenvalue weighted by Crippen LogP contribution is 2.25. The highest BCUT2D eigenvalue weighted by Gasteiger charge is 2.27. The molecule has 1 aromatic carbocycles. The topological polar surface area (TPSA) is 72.4 Å². The van der Waals surface area contributed by atoms with Crippen LogP contribution in [0.25, 0.3) is 0 Å². The summed E-state index contributed by atoms with van der Waals surface area (Å²) in [6, 6.07) is 7.27. The first-order valence-corrected chi connectivity index (χ1v) is 6.79. The molecule has 2 atom stereocenters. The number of non-ortho nitro benzene ring substituents is 1. The van der Waals surface area contributed by atoms with Crippen LogP contribution in [0.4, 0.5) is 5.69 Å². The molecule has 1 fully saturated rings. The van der Waals surface area contributed by atoms with E-state index < -0.39 is 0 Å². The third-order valence-corrected chi connectivity index (χ3v) is 3.98. The van der Waals surface area contributed by atoms with Gasteiger partial charge in [-0.15, -0.1) is 0 Å². The number of rotatable bonds is 4. The van der Waals surface area contributed by atoms with Crippen LogP contribution in [-0.2, 0) is 6.54 Å². The molecule has 0 aromatic heterocycles. The van der Waals surface area contributed by atoms with E-state index in [9.17, 15) is 10.1 Å². The molecule has 1 aliphatic rings. The lowest BCUT2D eigenvalue weighted by molar-refractivity contribution is -0.384. The number of nitro benzene ring substituents is 1. The molecule has 104 valence electrons. The van der Waals surface area contributed by atoms with Crippen LogP contribution < -0.4 is 5.73 Å². The van der Waals surface area contributed by atoms with E-state index >= 15 is 0 Å². The van der Waals surface area contributed by atoms with Crippen molar-refractivity contribution in [1.29, 1.82) is 0 Å². The first-order valence-electron chi connectivity index (χ1n) is 6.79. The third-order valence-electron chi connectivity index (χ3n) is 3.98. The van der Waals surface area contributed by atoms with Gasteiger partial charge in [-0.3, -0.25) is 15.0 Å². The van der Waals surface area contributed by atoms with E-state index in [0.717, 1.165) is 18.7 Å². The van der Waals surface area contributed by atoms with Crippen molar-refractivity contribution in [3.8, 4) is 0 Å². The van der Waals surface area contributed by atoms with Crippen LogP contribution >= 0.6 is 0 Å².